The van der Waals surface area contributed by atoms with Gasteiger partial charge in [0.25, 0.3) is 0 Å². The van der Waals surface area contributed by atoms with Crippen molar-refractivity contribution >= 4 is 16.0 Å². The number of fused-ring (bicyclic) bond motifs is 1. The van der Waals surface area contributed by atoms with Crippen molar-refractivity contribution in [3.05, 3.63) is 89.5 Å². The van der Waals surface area contributed by atoms with Gasteiger partial charge < -0.3 is 15.5 Å². The predicted molar refractivity (Wildman–Crippen MR) is 149 cm³/mol. The van der Waals surface area contributed by atoms with Gasteiger partial charge in [0.05, 0.1) is 16.6 Å². The van der Waals surface area contributed by atoms with Gasteiger partial charge in [0.2, 0.25) is 10.0 Å². The molecule has 0 bridgehead atoms. The van der Waals surface area contributed by atoms with E-state index >= 15 is 0 Å². The number of hydrogen-bond acceptors (Lipinski definition) is 5. The van der Waals surface area contributed by atoms with E-state index in [1.807, 2.05) is 0 Å². The van der Waals surface area contributed by atoms with Crippen LogP contribution in [0.5, 0.6) is 0 Å². The number of aromatic carboxylic acids is 1. The van der Waals surface area contributed by atoms with Crippen LogP contribution in [0.2, 0.25) is 0 Å². The first-order chi connectivity index (χ1) is 17.9. The molecule has 0 saturated carbocycles. The molecule has 1 aliphatic carbocycles. The number of β-amino-alcohol motifs (C(OH)–C–C–N with tert-alkyl or cyclic N) is 1. The molecule has 202 valence electrons. The summed E-state index contributed by atoms with van der Waals surface area (Å²) in [6.07, 6.45) is 2.19. The summed E-state index contributed by atoms with van der Waals surface area (Å²) in [7, 11) is -2.41. The molecule has 0 spiro atoms. The fourth-order valence-corrected chi connectivity index (χ4v) is 6.54. The van der Waals surface area contributed by atoms with Gasteiger partial charge in [-0.15, -0.1) is 0 Å². The van der Waals surface area contributed by atoms with E-state index in [9.17, 15) is 23.4 Å². The molecule has 1 atom stereocenters. The number of aliphatic hydroxyl groups excluding tert-OH is 1. The van der Waals surface area contributed by atoms with Crippen LogP contribution in [0, 0.1) is 5.92 Å². The van der Waals surface area contributed by atoms with Crippen molar-refractivity contribution in [2.45, 2.75) is 49.6 Å². The molecule has 3 aromatic rings. The van der Waals surface area contributed by atoms with Crippen LogP contribution in [-0.2, 0) is 22.9 Å². The molecule has 38 heavy (non-hydrogen) atoms. The number of nitrogens with zero attached hydrogens (tertiary/aromatic N) is 1. The lowest BCUT2D eigenvalue weighted by Crippen LogP contribution is -2.47. The SMILES string of the molecule is CN(C[C@H](O)CNC(C)(C)CC1Cc2ccccc2C1)S(=O)(=O)c1cccc(-c2cccc(C(=O)O)c2)c1. The summed E-state index contributed by atoms with van der Waals surface area (Å²) in [4.78, 5) is 11.4. The first-order valence-electron chi connectivity index (χ1n) is 12.8. The maximum absolute atomic E-state index is 13.3. The largest absolute Gasteiger partial charge is 0.478 e. The van der Waals surface area contributed by atoms with Gasteiger partial charge in [0, 0.05) is 25.7 Å². The number of nitrogens with one attached hydrogen (secondary N) is 1. The zero-order valence-corrected chi connectivity index (χ0v) is 22.9. The Kier molecular flexibility index (Phi) is 8.37. The maximum Gasteiger partial charge on any atom is 0.335 e. The van der Waals surface area contributed by atoms with Gasteiger partial charge in [-0.05, 0) is 85.5 Å². The highest BCUT2D eigenvalue weighted by Crippen LogP contribution is 2.32. The van der Waals surface area contributed by atoms with Crippen LogP contribution in [0.15, 0.2) is 77.7 Å². The van der Waals surface area contributed by atoms with Crippen LogP contribution < -0.4 is 5.32 Å². The number of hydrogen-bond donors (Lipinski definition) is 3. The Hall–Kier alpha value is -3.04. The van der Waals surface area contributed by atoms with Crippen LogP contribution in [0.1, 0.15) is 41.8 Å². The first-order valence-corrected chi connectivity index (χ1v) is 14.3. The number of rotatable bonds is 11. The average Bonchev–Trinajstić information content (AvgIpc) is 3.29. The maximum atomic E-state index is 13.3. The molecule has 0 aliphatic heterocycles. The number of aliphatic hydroxyl groups is 1. The minimum Gasteiger partial charge on any atom is -0.478 e. The molecule has 0 aromatic heterocycles. The van der Waals surface area contributed by atoms with E-state index < -0.39 is 22.1 Å². The number of carboxylic acids is 1. The van der Waals surface area contributed by atoms with E-state index in [1.165, 1.54) is 42.4 Å². The molecule has 0 heterocycles. The van der Waals surface area contributed by atoms with Crippen LogP contribution in [0.4, 0.5) is 0 Å². The molecule has 3 N–H and O–H groups in total. The lowest BCUT2D eigenvalue weighted by atomic mass is 9.88. The summed E-state index contributed by atoms with van der Waals surface area (Å²) in [5.74, 6) is -0.506. The number of carbonyl (C=O) groups is 1. The molecule has 0 saturated heterocycles. The topological polar surface area (TPSA) is 107 Å². The summed E-state index contributed by atoms with van der Waals surface area (Å²) < 4.78 is 27.7. The van der Waals surface area contributed by atoms with E-state index in [0.29, 0.717) is 17.0 Å². The molecule has 8 heteroatoms. The Morgan fingerprint density at radius 2 is 1.61 bits per heavy atom. The second kappa shape index (κ2) is 11.4. The fourth-order valence-electron chi connectivity index (χ4n) is 5.29. The zero-order valence-electron chi connectivity index (χ0n) is 22.1. The van der Waals surface area contributed by atoms with Gasteiger partial charge >= 0.3 is 5.97 Å². The van der Waals surface area contributed by atoms with Crippen LogP contribution in [0.3, 0.4) is 0 Å². The standard InChI is InChI=1S/C30H36N2O5S/c1-30(2,18-21-14-22-8-4-5-9-23(22)15-21)31-19-27(33)20-32(3)38(36,37)28-13-7-11-25(17-28)24-10-6-12-26(16-24)29(34)35/h4-13,16-17,21,27,31,33H,14-15,18-20H2,1-3H3,(H,34,35)/t27-/m1/s1. The monoisotopic (exact) mass is 536 g/mol. The van der Waals surface area contributed by atoms with Crippen LogP contribution in [0.25, 0.3) is 11.1 Å². The van der Waals surface area contributed by atoms with E-state index in [4.69, 9.17) is 0 Å². The Morgan fingerprint density at radius 3 is 2.24 bits per heavy atom. The van der Waals surface area contributed by atoms with Gasteiger partial charge in [0.15, 0.2) is 0 Å². The summed E-state index contributed by atoms with van der Waals surface area (Å²) in [5.41, 5.74) is 3.97. The number of benzene rings is 3. The summed E-state index contributed by atoms with van der Waals surface area (Å²) in [6.45, 7) is 4.45. The van der Waals surface area contributed by atoms with Crippen molar-refractivity contribution in [2.24, 2.45) is 5.92 Å². The molecule has 0 amide bonds. The third-order valence-electron chi connectivity index (χ3n) is 7.20. The summed E-state index contributed by atoms with van der Waals surface area (Å²) >= 11 is 0. The van der Waals surface area contributed by atoms with E-state index in [2.05, 4.69) is 43.4 Å². The smallest absolute Gasteiger partial charge is 0.335 e. The summed E-state index contributed by atoms with van der Waals surface area (Å²) in [5, 5.41) is 23.4. The van der Waals surface area contributed by atoms with Gasteiger partial charge in [-0.1, -0.05) is 48.5 Å². The van der Waals surface area contributed by atoms with Crippen LogP contribution in [-0.4, -0.2) is 60.7 Å². The van der Waals surface area contributed by atoms with Gasteiger partial charge in [-0.3, -0.25) is 0 Å². The highest BCUT2D eigenvalue weighted by molar-refractivity contribution is 7.89. The summed E-state index contributed by atoms with van der Waals surface area (Å²) in [6, 6.07) is 21.3. The predicted octanol–water partition coefficient (Wildman–Crippen LogP) is 4.21. The van der Waals surface area contributed by atoms with Crippen molar-refractivity contribution in [1.82, 2.24) is 9.62 Å². The lowest BCUT2D eigenvalue weighted by Gasteiger charge is -2.31. The quantitative estimate of drug-likeness (QED) is 0.339. The van der Waals surface area contributed by atoms with E-state index in [1.54, 1.807) is 24.3 Å². The van der Waals surface area contributed by atoms with Gasteiger partial charge in [0.1, 0.15) is 0 Å². The third kappa shape index (κ3) is 6.69. The van der Waals surface area contributed by atoms with E-state index in [0.717, 1.165) is 23.6 Å². The highest BCUT2D eigenvalue weighted by atomic mass is 32.2. The Bertz CT molecular complexity index is 1380. The van der Waals surface area contributed by atoms with Crippen molar-refractivity contribution < 1.29 is 23.4 Å². The van der Waals surface area contributed by atoms with Crippen molar-refractivity contribution in [3.63, 3.8) is 0 Å². The molecule has 3 aromatic carbocycles. The van der Waals surface area contributed by atoms with Gasteiger partial charge in [-0.25, -0.2) is 13.2 Å². The van der Waals surface area contributed by atoms with Crippen molar-refractivity contribution in [3.8, 4) is 11.1 Å². The molecular formula is C30H36N2O5S. The van der Waals surface area contributed by atoms with Crippen molar-refractivity contribution in [1.29, 1.82) is 0 Å². The van der Waals surface area contributed by atoms with E-state index in [-0.39, 0.29) is 29.1 Å². The number of sulfonamides is 1. The van der Waals surface area contributed by atoms with Crippen molar-refractivity contribution in [2.75, 3.05) is 20.1 Å². The second-order valence-corrected chi connectivity index (χ2v) is 12.9. The Balaban J connectivity index is 1.35. The second-order valence-electron chi connectivity index (χ2n) is 10.9. The lowest BCUT2D eigenvalue weighted by molar-refractivity contribution is 0.0697. The molecule has 0 fully saturated rings. The molecule has 0 unspecified atom stereocenters. The molecular weight excluding hydrogens is 500 g/mol. The first kappa shape index (κ1) is 28.0. The molecule has 0 radical (unpaired) electrons. The minimum absolute atomic E-state index is 0.0565. The van der Waals surface area contributed by atoms with Crippen LogP contribution >= 0.6 is 0 Å². The third-order valence-corrected chi connectivity index (χ3v) is 9.02. The minimum atomic E-state index is -3.86. The molecule has 1 aliphatic rings. The number of likely N-dealkylation sites (N-methyl/N-ethyl adjacent to an activating group) is 1. The number of carboxylic acid groups (broad SMARTS) is 1. The fraction of sp³-hybridized carbons (Fsp3) is 0.367. The zero-order chi connectivity index (χ0) is 27.5. The molecule has 7 nitrogen and oxygen atoms in total. The van der Waals surface area contributed by atoms with Gasteiger partial charge in [-0.2, -0.15) is 4.31 Å². The highest BCUT2D eigenvalue weighted by Gasteiger charge is 2.29. The normalized spacial score (nSPS) is 15.0. The molecule has 4 rings (SSSR count). The average molecular weight is 537 g/mol. The Morgan fingerprint density at radius 1 is 1.00 bits per heavy atom. The Labute approximate surface area is 225 Å².